The standard InChI is InChI=1S/C14H28N2O2/c1-4-11-5-6-14(7-11,10-15)16-8-12(17-2)13(9-16)18-3/h11-13H,4-10,15H2,1-3H3. The molecule has 2 rings (SSSR count). The summed E-state index contributed by atoms with van der Waals surface area (Å²) >= 11 is 0. The molecule has 0 radical (unpaired) electrons. The van der Waals surface area contributed by atoms with Crippen LogP contribution in [0.1, 0.15) is 32.6 Å². The van der Waals surface area contributed by atoms with Crippen LogP contribution in [0.2, 0.25) is 0 Å². The molecular weight excluding hydrogens is 228 g/mol. The van der Waals surface area contributed by atoms with Crippen LogP contribution in [0.4, 0.5) is 0 Å². The zero-order valence-corrected chi connectivity index (χ0v) is 12.0. The van der Waals surface area contributed by atoms with Crippen LogP contribution in [0.25, 0.3) is 0 Å². The van der Waals surface area contributed by atoms with E-state index in [9.17, 15) is 0 Å². The maximum absolute atomic E-state index is 6.12. The van der Waals surface area contributed by atoms with Crippen LogP contribution in [0.15, 0.2) is 0 Å². The zero-order valence-electron chi connectivity index (χ0n) is 12.0. The number of nitrogens with two attached hydrogens (primary N) is 1. The number of hydrogen-bond donors (Lipinski definition) is 1. The van der Waals surface area contributed by atoms with Gasteiger partial charge in [-0.2, -0.15) is 0 Å². The van der Waals surface area contributed by atoms with Gasteiger partial charge < -0.3 is 15.2 Å². The molecule has 2 N–H and O–H groups in total. The predicted octanol–water partition coefficient (Wildman–Crippen LogP) is 1.24. The molecule has 4 nitrogen and oxygen atoms in total. The maximum Gasteiger partial charge on any atom is 0.0972 e. The third-order valence-corrected chi connectivity index (χ3v) is 5.14. The minimum atomic E-state index is 0.194. The van der Waals surface area contributed by atoms with Gasteiger partial charge in [0.25, 0.3) is 0 Å². The third kappa shape index (κ3) is 2.44. The van der Waals surface area contributed by atoms with Gasteiger partial charge in [0.1, 0.15) is 0 Å². The Labute approximate surface area is 111 Å². The minimum Gasteiger partial charge on any atom is -0.377 e. The normalized spacial score (nSPS) is 41.7. The van der Waals surface area contributed by atoms with Crippen LogP contribution in [0.3, 0.4) is 0 Å². The van der Waals surface area contributed by atoms with Gasteiger partial charge in [0.15, 0.2) is 0 Å². The van der Waals surface area contributed by atoms with Crippen LogP contribution >= 0.6 is 0 Å². The number of hydrogen-bond acceptors (Lipinski definition) is 4. The SMILES string of the molecule is CCC1CCC(CN)(N2CC(OC)C(OC)C2)C1. The van der Waals surface area contributed by atoms with Crippen LogP contribution in [0.5, 0.6) is 0 Å². The molecule has 0 spiro atoms. The van der Waals surface area contributed by atoms with Gasteiger partial charge >= 0.3 is 0 Å². The molecule has 18 heavy (non-hydrogen) atoms. The minimum absolute atomic E-state index is 0.194. The lowest BCUT2D eigenvalue weighted by Crippen LogP contribution is -2.51. The Bertz CT molecular complexity index is 263. The lowest BCUT2D eigenvalue weighted by Gasteiger charge is -2.38. The summed E-state index contributed by atoms with van der Waals surface area (Å²) < 4.78 is 11.1. The summed E-state index contributed by atoms with van der Waals surface area (Å²) in [6.07, 6.45) is 5.45. The van der Waals surface area contributed by atoms with E-state index in [1.807, 2.05) is 0 Å². The highest BCUT2D eigenvalue weighted by molar-refractivity contribution is 5.03. The molecule has 2 fully saturated rings. The summed E-state index contributed by atoms with van der Waals surface area (Å²) in [5.41, 5.74) is 6.32. The first kappa shape index (κ1) is 14.3. The second-order valence-corrected chi connectivity index (χ2v) is 5.90. The molecule has 1 saturated carbocycles. The highest BCUT2D eigenvalue weighted by Crippen LogP contribution is 2.41. The van der Waals surface area contributed by atoms with E-state index in [-0.39, 0.29) is 17.7 Å². The summed E-state index contributed by atoms with van der Waals surface area (Å²) in [4.78, 5) is 2.53. The summed E-state index contributed by atoms with van der Waals surface area (Å²) in [7, 11) is 3.55. The van der Waals surface area contributed by atoms with E-state index in [0.717, 1.165) is 25.6 Å². The topological polar surface area (TPSA) is 47.7 Å². The Morgan fingerprint density at radius 1 is 1.22 bits per heavy atom. The molecular formula is C14H28N2O2. The average molecular weight is 256 g/mol. The van der Waals surface area contributed by atoms with Crippen molar-refractivity contribution in [2.45, 2.75) is 50.4 Å². The molecule has 4 unspecified atom stereocenters. The molecule has 2 aliphatic rings. The number of rotatable bonds is 5. The van der Waals surface area contributed by atoms with Crippen molar-refractivity contribution in [1.29, 1.82) is 0 Å². The largest absolute Gasteiger partial charge is 0.377 e. The summed E-state index contributed by atoms with van der Waals surface area (Å²) in [6, 6.07) is 0. The fourth-order valence-electron chi connectivity index (χ4n) is 3.75. The molecule has 1 aliphatic heterocycles. The second kappa shape index (κ2) is 5.87. The van der Waals surface area contributed by atoms with E-state index in [1.54, 1.807) is 14.2 Å². The van der Waals surface area contributed by atoms with Crippen LogP contribution in [-0.2, 0) is 9.47 Å². The highest BCUT2D eigenvalue weighted by Gasteiger charge is 2.47. The first-order valence-electron chi connectivity index (χ1n) is 7.19. The van der Waals surface area contributed by atoms with Crippen molar-refractivity contribution in [1.82, 2.24) is 4.90 Å². The Morgan fingerprint density at radius 3 is 2.22 bits per heavy atom. The van der Waals surface area contributed by atoms with Gasteiger partial charge in [-0.25, -0.2) is 0 Å². The van der Waals surface area contributed by atoms with Crippen LogP contribution < -0.4 is 5.73 Å². The molecule has 0 amide bonds. The maximum atomic E-state index is 6.12. The fraction of sp³-hybridized carbons (Fsp3) is 1.00. The van der Waals surface area contributed by atoms with E-state index in [1.165, 1.54) is 25.7 Å². The van der Waals surface area contributed by atoms with E-state index >= 15 is 0 Å². The Morgan fingerprint density at radius 2 is 1.83 bits per heavy atom. The van der Waals surface area contributed by atoms with Crippen LogP contribution in [0, 0.1) is 5.92 Å². The monoisotopic (exact) mass is 256 g/mol. The smallest absolute Gasteiger partial charge is 0.0972 e. The first-order chi connectivity index (χ1) is 8.69. The van der Waals surface area contributed by atoms with Crippen molar-refractivity contribution in [2.75, 3.05) is 33.9 Å². The molecule has 0 bridgehead atoms. The lowest BCUT2D eigenvalue weighted by atomic mass is 9.93. The molecule has 0 aromatic carbocycles. The summed E-state index contributed by atoms with van der Waals surface area (Å²) in [5.74, 6) is 0.844. The van der Waals surface area contributed by atoms with Gasteiger partial charge in [-0.05, 0) is 25.2 Å². The van der Waals surface area contributed by atoms with Crippen molar-refractivity contribution in [3.63, 3.8) is 0 Å². The van der Waals surface area contributed by atoms with E-state index in [2.05, 4.69) is 11.8 Å². The average Bonchev–Trinajstić information content (AvgIpc) is 3.02. The van der Waals surface area contributed by atoms with Gasteiger partial charge in [0.2, 0.25) is 0 Å². The zero-order chi connectivity index (χ0) is 13.2. The van der Waals surface area contributed by atoms with E-state index < -0.39 is 0 Å². The molecule has 0 aromatic heterocycles. The molecule has 1 aliphatic carbocycles. The van der Waals surface area contributed by atoms with Crippen LogP contribution in [-0.4, -0.2) is 56.5 Å². The van der Waals surface area contributed by atoms with E-state index in [0.29, 0.717) is 0 Å². The number of likely N-dealkylation sites (tertiary alicyclic amines) is 1. The summed E-state index contributed by atoms with van der Waals surface area (Å²) in [5, 5.41) is 0. The highest BCUT2D eigenvalue weighted by atomic mass is 16.5. The van der Waals surface area contributed by atoms with Crippen molar-refractivity contribution < 1.29 is 9.47 Å². The van der Waals surface area contributed by atoms with Crippen molar-refractivity contribution in [3.05, 3.63) is 0 Å². The Hall–Kier alpha value is -0.160. The quantitative estimate of drug-likeness (QED) is 0.804. The van der Waals surface area contributed by atoms with Crippen molar-refractivity contribution in [2.24, 2.45) is 11.7 Å². The van der Waals surface area contributed by atoms with Crippen molar-refractivity contribution in [3.8, 4) is 0 Å². The first-order valence-corrected chi connectivity index (χ1v) is 7.19. The van der Waals surface area contributed by atoms with E-state index in [4.69, 9.17) is 15.2 Å². The van der Waals surface area contributed by atoms with Gasteiger partial charge in [-0.3, -0.25) is 4.90 Å². The molecule has 1 heterocycles. The predicted molar refractivity (Wildman–Crippen MR) is 72.6 cm³/mol. The molecule has 4 heteroatoms. The van der Waals surface area contributed by atoms with Gasteiger partial charge in [0, 0.05) is 39.4 Å². The fourth-order valence-corrected chi connectivity index (χ4v) is 3.75. The number of ether oxygens (including phenoxy) is 2. The molecule has 1 saturated heterocycles. The second-order valence-electron chi connectivity index (χ2n) is 5.90. The number of methoxy groups -OCH3 is 2. The summed E-state index contributed by atoms with van der Waals surface area (Å²) in [6.45, 7) is 4.97. The van der Waals surface area contributed by atoms with Gasteiger partial charge in [-0.15, -0.1) is 0 Å². The lowest BCUT2D eigenvalue weighted by molar-refractivity contribution is -0.00461. The molecule has 4 atom stereocenters. The molecule has 106 valence electrons. The third-order valence-electron chi connectivity index (χ3n) is 5.14. The Kier molecular flexibility index (Phi) is 4.64. The van der Waals surface area contributed by atoms with Gasteiger partial charge in [-0.1, -0.05) is 13.3 Å². The molecule has 0 aromatic rings. The number of nitrogens with zero attached hydrogens (tertiary/aromatic N) is 1. The van der Waals surface area contributed by atoms with Crippen molar-refractivity contribution >= 4 is 0 Å². The Balaban J connectivity index is 2.06. The van der Waals surface area contributed by atoms with Gasteiger partial charge in [0.05, 0.1) is 12.2 Å².